The first kappa shape index (κ1) is 13.6. The smallest absolute Gasteiger partial charge is 0.0909 e. The summed E-state index contributed by atoms with van der Waals surface area (Å²) in [4.78, 5) is 0. The molecular formula is C16H24O2. The van der Waals surface area contributed by atoms with Crippen LogP contribution < -0.4 is 0 Å². The molecule has 2 heteroatoms. The van der Waals surface area contributed by atoms with E-state index in [1.807, 2.05) is 13.8 Å². The number of fused-ring (bicyclic) bond motifs is 1. The van der Waals surface area contributed by atoms with E-state index in [1.165, 1.54) is 11.1 Å². The molecule has 3 unspecified atom stereocenters. The lowest BCUT2D eigenvalue weighted by Gasteiger charge is -2.38. The molecule has 0 heterocycles. The predicted octanol–water partition coefficient (Wildman–Crippen LogP) is 3.28. The van der Waals surface area contributed by atoms with E-state index in [9.17, 15) is 5.11 Å². The van der Waals surface area contributed by atoms with Crippen molar-refractivity contribution in [1.82, 2.24) is 0 Å². The Morgan fingerprint density at radius 3 is 2.72 bits per heavy atom. The molecule has 0 aliphatic heterocycles. The molecule has 2 rings (SSSR count). The van der Waals surface area contributed by atoms with Crippen LogP contribution in [0.3, 0.4) is 0 Å². The van der Waals surface area contributed by atoms with E-state index in [1.54, 1.807) is 0 Å². The molecule has 1 N–H and O–H groups in total. The van der Waals surface area contributed by atoms with Gasteiger partial charge in [0.2, 0.25) is 0 Å². The normalized spacial score (nSPS) is 22.8. The Morgan fingerprint density at radius 1 is 1.39 bits per heavy atom. The van der Waals surface area contributed by atoms with E-state index < -0.39 is 5.60 Å². The Bertz CT molecular complexity index is 402. The van der Waals surface area contributed by atoms with Gasteiger partial charge in [-0.05, 0) is 50.2 Å². The van der Waals surface area contributed by atoms with Crippen molar-refractivity contribution >= 4 is 0 Å². The molecule has 0 bridgehead atoms. The van der Waals surface area contributed by atoms with Crippen molar-refractivity contribution in [3.8, 4) is 0 Å². The quantitative estimate of drug-likeness (QED) is 0.837. The topological polar surface area (TPSA) is 29.5 Å². The first-order valence-corrected chi connectivity index (χ1v) is 7.00. The van der Waals surface area contributed by atoms with Gasteiger partial charge in [-0.15, -0.1) is 0 Å². The van der Waals surface area contributed by atoms with Gasteiger partial charge < -0.3 is 9.84 Å². The third-order valence-corrected chi connectivity index (χ3v) is 4.35. The summed E-state index contributed by atoms with van der Waals surface area (Å²) in [5.74, 6) is 0.502. The van der Waals surface area contributed by atoms with Crippen LogP contribution in [0.5, 0.6) is 0 Å². The van der Waals surface area contributed by atoms with Gasteiger partial charge in [0.1, 0.15) is 0 Å². The van der Waals surface area contributed by atoms with Crippen molar-refractivity contribution in [3.63, 3.8) is 0 Å². The Balaban J connectivity index is 1.99. The van der Waals surface area contributed by atoms with Gasteiger partial charge in [0.05, 0.1) is 11.7 Å². The van der Waals surface area contributed by atoms with E-state index >= 15 is 0 Å². The highest BCUT2D eigenvalue weighted by Crippen LogP contribution is 2.40. The summed E-state index contributed by atoms with van der Waals surface area (Å²) in [6.45, 7) is 6.74. The lowest BCUT2D eigenvalue weighted by atomic mass is 9.73. The number of rotatable bonds is 6. The van der Waals surface area contributed by atoms with Gasteiger partial charge in [-0.2, -0.15) is 0 Å². The molecule has 18 heavy (non-hydrogen) atoms. The number of ether oxygens (including phenoxy) is 1. The molecule has 0 radical (unpaired) electrons. The van der Waals surface area contributed by atoms with Crippen molar-refractivity contribution in [3.05, 3.63) is 35.4 Å². The maximum Gasteiger partial charge on any atom is 0.0909 e. The molecule has 2 nitrogen and oxygen atoms in total. The van der Waals surface area contributed by atoms with Gasteiger partial charge in [0.15, 0.2) is 0 Å². The summed E-state index contributed by atoms with van der Waals surface area (Å²) in [6, 6.07) is 8.53. The van der Waals surface area contributed by atoms with Crippen LogP contribution in [-0.4, -0.2) is 23.4 Å². The van der Waals surface area contributed by atoms with Crippen LogP contribution in [0.2, 0.25) is 0 Å². The zero-order chi connectivity index (χ0) is 13.2. The largest absolute Gasteiger partial charge is 0.390 e. The third kappa shape index (κ3) is 2.45. The van der Waals surface area contributed by atoms with Gasteiger partial charge >= 0.3 is 0 Å². The predicted molar refractivity (Wildman–Crippen MR) is 73.8 cm³/mol. The highest BCUT2D eigenvalue weighted by Gasteiger charge is 2.36. The lowest BCUT2D eigenvalue weighted by molar-refractivity contribution is -0.115. The zero-order valence-electron chi connectivity index (χ0n) is 11.6. The molecule has 1 aliphatic rings. The summed E-state index contributed by atoms with van der Waals surface area (Å²) in [6.07, 6.45) is 2.36. The van der Waals surface area contributed by atoms with E-state index in [0.29, 0.717) is 12.5 Å². The standard InChI is InChI=1S/C16H24O2/c1-4-16(3,18-5-2)15(17)11-13-10-12-8-6-7-9-14(12)13/h6-9,13,15,17H,4-5,10-11H2,1-3H3. The third-order valence-electron chi connectivity index (χ3n) is 4.35. The maximum absolute atomic E-state index is 10.4. The highest BCUT2D eigenvalue weighted by atomic mass is 16.5. The summed E-state index contributed by atoms with van der Waals surface area (Å²) in [7, 11) is 0. The zero-order valence-corrected chi connectivity index (χ0v) is 11.6. The van der Waals surface area contributed by atoms with Crippen LogP contribution in [0, 0.1) is 0 Å². The summed E-state index contributed by atoms with van der Waals surface area (Å²) in [5, 5.41) is 10.4. The van der Waals surface area contributed by atoms with E-state index in [-0.39, 0.29) is 6.10 Å². The second-order valence-electron chi connectivity index (χ2n) is 5.45. The molecule has 1 aromatic rings. The Kier molecular flexibility index (Phi) is 4.08. The van der Waals surface area contributed by atoms with Crippen molar-refractivity contribution in [2.75, 3.05) is 6.61 Å². The summed E-state index contributed by atoms with van der Waals surface area (Å²) < 4.78 is 5.75. The Hall–Kier alpha value is -0.860. The second-order valence-corrected chi connectivity index (χ2v) is 5.45. The van der Waals surface area contributed by atoms with Gasteiger partial charge in [0, 0.05) is 6.61 Å². The molecule has 0 saturated heterocycles. The monoisotopic (exact) mass is 248 g/mol. The van der Waals surface area contributed by atoms with Crippen molar-refractivity contribution in [1.29, 1.82) is 0 Å². The summed E-state index contributed by atoms with van der Waals surface area (Å²) in [5.41, 5.74) is 2.44. The van der Waals surface area contributed by atoms with Crippen LogP contribution >= 0.6 is 0 Å². The van der Waals surface area contributed by atoms with Crippen LogP contribution in [0.25, 0.3) is 0 Å². The number of aliphatic hydroxyl groups is 1. The number of benzene rings is 1. The van der Waals surface area contributed by atoms with Crippen molar-refractivity contribution < 1.29 is 9.84 Å². The molecule has 1 aromatic carbocycles. The molecule has 0 spiro atoms. The molecule has 1 aliphatic carbocycles. The van der Waals surface area contributed by atoms with E-state index in [0.717, 1.165) is 19.3 Å². The first-order valence-electron chi connectivity index (χ1n) is 7.00. The molecule has 100 valence electrons. The first-order chi connectivity index (χ1) is 8.60. The average Bonchev–Trinajstić information content (AvgIpc) is 2.35. The molecular weight excluding hydrogens is 224 g/mol. The van der Waals surface area contributed by atoms with Gasteiger partial charge in [0.25, 0.3) is 0 Å². The van der Waals surface area contributed by atoms with Crippen molar-refractivity contribution in [2.24, 2.45) is 0 Å². The van der Waals surface area contributed by atoms with Gasteiger partial charge in [-0.25, -0.2) is 0 Å². The molecule has 0 aromatic heterocycles. The fraction of sp³-hybridized carbons (Fsp3) is 0.625. The summed E-state index contributed by atoms with van der Waals surface area (Å²) >= 11 is 0. The van der Waals surface area contributed by atoms with E-state index in [4.69, 9.17) is 4.74 Å². The van der Waals surface area contributed by atoms with Crippen LogP contribution in [0.4, 0.5) is 0 Å². The number of aliphatic hydroxyl groups excluding tert-OH is 1. The fourth-order valence-electron chi connectivity index (χ4n) is 2.86. The maximum atomic E-state index is 10.4. The van der Waals surface area contributed by atoms with Crippen LogP contribution in [0.15, 0.2) is 24.3 Å². The molecule has 0 fully saturated rings. The van der Waals surface area contributed by atoms with Gasteiger partial charge in [-0.1, -0.05) is 31.2 Å². The average molecular weight is 248 g/mol. The number of hydrogen-bond donors (Lipinski definition) is 1. The second kappa shape index (κ2) is 5.41. The minimum Gasteiger partial charge on any atom is -0.390 e. The van der Waals surface area contributed by atoms with Gasteiger partial charge in [-0.3, -0.25) is 0 Å². The lowest BCUT2D eigenvalue weighted by Crippen LogP contribution is -2.43. The Morgan fingerprint density at radius 2 is 2.11 bits per heavy atom. The number of hydrogen-bond acceptors (Lipinski definition) is 2. The van der Waals surface area contributed by atoms with Crippen molar-refractivity contribution in [2.45, 2.75) is 57.7 Å². The molecule has 3 atom stereocenters. The van der Waals surface area contributed by atoms with Crippen LogP contribution in [-0.2, 0) is 11.2 Å². The minimum atomic E-state index is -0.403. The Labute approximate surface area is 110 Å². The SMILES string of the molecule is CCOC(C)(CC)C(O)CC1Cc2ccccc21. The fourth-order valence-corrected chi connectivity index (χ4v) is 2.86. The highest BCUT2D eigenvalue weighted by molar-refractivity contribution is 5.39. The molecule has 0 amide bonds. The van der Waals surface area contributed by atoms with Crippen LogP contribution in [0.1, 0.15) is 50.7 Å². The minimum absolute atomic E-state index is 0.388. The van der Waals surface area contributed by atoms with E-state index in [2.05, 4.69) is 31.2 Å². The molecule has 0 saturated carbocycles.